The maximum absolute atomic E-state index is 12.2. The van der Waals surface area contributed by atoms with Gasteiger partial charge in [-0.15, -0.1) is 34.9 Å². The molecule has 0 atom stereocenters. The lowest BCUT2D eigenvalue weighted by molar-refractivity contribution is 0.0919. The van der Waals surface area contributed by atoms with Gasteiger partial charge in [0.05, 0.1) is 4.88 Å². The van der Waals surface area contributed by atoms with E-state index in [1.54, 1.807) is 11.8 Å². The molecule has 0 unspecified atom stereocenters. The number of hydrogen-bond acceptors (Lipinski definition) is 5. The predicted molar refractivity (Wildman–Crippen MR) is 90.1 cm³/mol. The summed E-state index contributed by atoms with van der Waals surface area (Å²) in [5.41, 5.74) is 0.725. The summed E-state index contributed by atoms with van der Waals surface area (Å²) in [7, 11) is 0. The zero-order chi connectivity index (χ0) is 14.7. The molecule has 0 fully saturated rings. The first kappa shape index (κ1) is 14.9. The Bertz CT molecular complexity index is 662. The highest BCUT2D eigenvalue weighted by atomic mass is 32.2. The monoisotopic (exact) mass is 334 g/mol. The number of ketones is 2. The van der Waals surface area contributed by atoms with Crippen molar-refractivity contribution in [3.8, 4) is 0 Å². The van der Waals surface area contributed by atoms with Crippen molar-refractivity contribution in [2.75, 3.05) is 11.5 Å². The summed E-state index contributed by atoms with van der Waals surface area (Å²) < 4.78 is 0. The molecule has 0 spiro atoms. The van der Waals surface area contributed by atoms with E-state index < -0.39 is 0 Å². The fraction of sp³-hybridized carbons (Fsp3) is 0.250. The molecule has 0 amide bonds. The van der Waals surface area contributed by atoms with Gasteiger partial charge in [0.2, 0.25) is 0 Å². The van der Waals surface area contributed by atoms with Gasteiger partial charge in [-0.25, -0.2) is 0 Å². The van der Waals surface area contributed by atoms with Gasteiger partial charge in [0, 0.05) is 39.7 Å². The molecule has 0 saturated heterocycles. The molecule has 21 heavy (non-hydrogen) atoms. The summed E-state index contributed by atoms with van der Waals surface area (Å²) in [6.45, 7) is 0. The molecule has 0 aliphatic carbocycles. The number of rotatable bonds is 5. The number of hydrogen-bond donors (Lipinski definition) is 0. The Kier molecular flexibility index (Phi) is 4.83. The number of benzene rings is 1. The lowest BCUT2D eigenvalue weighted by Gasteiger charge is -2.15. The molecule has 0 bridgehead atoms. The lowest BCUT2D eigenvalue weighted by Crippen LogP contribution is -2.05. The van der Waals surface area contributed by atoms with Crippen LogP contribution < -0.4 is 0 Å². The van der Waals surface area contributed by atoms with E-state index in [9.17, 15) is 9.59 Å². The summed E-state index contributed by atoms with van der Waals surface area (Å²) in [5.74, 6) is 2.33. The molecule has 1 aliphatic heterocycles. The minimum Gasteiger partial charge on any atom is -0.294 e. The summed E-state index contributed by atoms with van der Waals surface area (Å²) in [6.07, 6.45) is 0.575. The quantitative estimate of drug-likeness (QED) is 0.736. The molecular formula is C16H14O2S3. The minimum absolute atomic E-state index is 0.0545. The van der Waals surface area contributed by atoms with Gasteiger partial charge in [-0.05, 0) is 23.6 Å². The molecule has 1 aliphatic rings. The van der Waals surface area contributed by atoms with E-state index in [0.29, 0.717) is 6.42 Å². The van der Waals surface area contributed by atoms with Gasteiger partial charge in [-0.2, -0.15) is 0 Å². The van der Waals surface area contributed by atoms with E-state index in [1.165, 1.54) is 21.1 Å². The van der Waals surface area contributed by atoms with Crippen LogP contribution in [0.2, 0.25) is 0 Å². The van der Waals surface area contributed by atoms with Gasteiger partial charge in [-0.1, -0.05) is 12.1 Å². The van der Waals surface area contributed by atoms with Crippen molar-refractivity contribution in [1.29, 1.82) is 0 Å². The summed E-state index contributed by atoms with van der Waals surface area (Å²) in [4.78, 5) is 27.4. The molecule has 0 N–H and O–H groups in total. The van der Waals surface area contributed by atoms with Crippen molar-refractivity contribution in [2.45, 2.75) is 22.6 Å². The number of carbonyl (C=O) groups is 2. The second-order valence-corrected chi connectivity index (χ2v) is 7.90. The maximum atomic E-state index is 12.2. The summed E-state index contributed by atoms with van der Waals surface area (Å²) >= 11 is 5.08. The number of thiophene rings is 1. The first-order valence-corrected chi connectivity index (χ1v) is 9.59. The predicted octanol–water partition coefficient (Wildman–Crippen LogP) is 4.79. The van der Waals surface area contributed by atoms with Gasteiger partial charge >= 0.3 is 0 Å². The number of carbonyl (C=O) groups excluding carboxylic acids is 2. The Hall–Kier alpha value is -1.04. The van der Waals surface area contributed by atoms with Gasteiger partial charge in [0.15, 0.2) is 11.6 Å². The molecule has 108 valence electrons. The van der Waals surface area contributed by atoms with Crippen LogP contribution in [0.3, 0.4) is 0 Å². The Morgan fingerprint density at radius 1 is 0.952 bits per heavy atom. The SMILES string of the molecule is O=C(CCC(=O)c1cccs1)c1ccc2c(c1)SCCS2. The van der Waals surface area contributed by atoms with Crippen molar-refractivity contribution < 1.29 is 9.59 Å². The molecular weight excluding hydrogens is 320 g/mol. The third kappa shape index (κ3) is 3.59. The Labute approximate surface area is 136 Å². The molecule has 1 aromatic heterocycles. The molecule has 3 rings (SSSR count). The average molecular weight is 334 g/mol. The third-order valence-electron chi connectivity index (χ3n) is 3.24. The highest BCUT2D eigenvalue weighted by Crippen LogP contribution is 2.37. The summed E-state index contributed by atoms with van der Waals surface area (Å²) in [5, 5.41) is 1.88. The zero-order valence-corrected chi connectivity index (χ0v) is 13.8. The van der Waals surface area contributed by atoms with E-state index in [2.05, 4.69) is 0 Å². The van der Waals surface area contributed by atoms with Crippen molar-refractivity contribution >= 4 is 46.4 Å². The van der Waals surface area contributed by atoms with E-state index in [0.717, 1.165) is 21.9 Å². The minimum atomic E-state index is 0.0545. The van der Waals surface area contributed by atoms with Crippen LogP contribution in [0.1, 0.15) is 32.9 Å². The van der Waals surface area contributed by atoms with Crippen LogP contribution >= 0.6 is 34.9 Å². The fourth-order valence-electron chi connectivity index (χ4n) is 2.15. The second-order valence-electron chi connectivity index (χ2n) is 4.68. The van der Waals surface area contributed by atoms with Crippen LogP contribution in [0.4, 0.5) is 0 Å². The number of thioether (sulfide) groups is 2. The second kappa shape index (κ2) is 6.81. The van der Waals surface area contributed by atoms with Crippen LogP contribution in [0, 0.1) is 0 Å². The van der Waals surface area contributed by atoms with Crippen molar-refractivity contribution in [3.05, 3.63) is 46.2 Å². The normalized spacial score (nSPS) is 13.7. The lowest BCUT2D eigenvalue weighted by atomic mass is 10.0. The Balaban J connectivity index is 1.64. The summed E-state index contributed by atoms with van der Waals surface area (Å²) in [6, 6.07) is 9.56. The molecule has 0 radical (unpaired) electrons. The van der Waals surface area contributed by atoms with E-state index in [-0.39, 0.29) is 18.0 Å². The fourth-order valence-corrected chi connectivity index (χ4v) is 5.09. The van der Waals surface area contributed by atoms with Crippen molar-refractivity contribution in [1.82, 2.24) is 0 Å². The molecule has 2 heterocycles. The first-order chi connectivity index (χ1) is 10.2. The molecule has 2 nitrogen and oxygen atoms in total. The van der Waals surface area contributed by atoms with E-state index in [4.69, 9.17) is 0 Å². The first-order valence-electron chi connectivity index (χ1n) is 6.73. The van der Waals surface area contributed by atoms with Gasteiger partial charge in [0.25, 0.3) is 0 Å². The number of fused-ring (bicyclic) bond motifs is 1. The van der Waals surface area contributed by atoms with Crippen LogP contribution in [0.5, 0.6) is 0 Å². The highest BCUT2D eigenvalue weighted by Gasteiger charge is 2.15. The van der Waals surface area contributed by atoms with Crippen LogP contribution in [-0.4, -0.2) is 23.1 Å². The van der Waals surface area contributed by atoms with Crippen LogP contribution in [-0.2, 0) is 0 Å². The van der Waals surface area contributed by atoms with E-state index >= 15 is 0 Å². The average Bonchev–Trinajstić information content (AvgIpc) is 3.06. The van der Waals surface area contributed by atoms with Gasteiger partial charge < -0.3 is 0 Å². The highest BCUT2D eigenvalue weighted by molar-refractivity contribution is 8.05. The number of Topliss-reactive ketones (excluding diaryl/α,β-unsaturated/α-hetero) is 2. The molecule has 5 heteroatoms. The van der Waals surface area contributed by atoms with Crippen LogP contribution in [0.25, 0.3) is 0 Å². The zero-order valence-electron chi connectivity index (χ0n) is 11.3. The molecule has 1 aromatic carbocycles. The largest absolute Gasteiger partial charge is 0.294 e. The van der Waals surface area contributed by atoms with Crippen molar-refractivity contribution in [3.63, 3.8) is 0 Å². The Morgan fingerprint density at radius 2 is 1.71 bits per heavy atom. The van der Waals surface area contributed by atoms with Crippen molar-refractivity contribution in [2.24, 2.45) is 0 Å². The van der Waals surface area contributed by atoms with Gasteiger partial charge in [-0.3, -0.25) is 9.59 Å². The van der Waals surface area contributed by atoms with Gasteiger partial charge in [0.1, 0.15) is 0 Å². The Morgan fingerprint density at radius 3 is 2.48 bits per heavy atom. The standard InChI is InChI=1S/C16H14O2S3/c17-12(4-5-13(18)14-2-1-7-19-14)11-3-6-15-16(10-11)21-9-8-20-15/h1-3,6-7,10H,4-5,8-9H2. The van der Waals surface area contributed by atoms with Crippen LogP contribution in [0.15, 0.2) is 45.5 Å². The molecule has 0 saturated carbocycles. The topological polar surface area (TPSA) is 34.1 Å². The maximum Gasteiger partial charge on any atom is 0.173 e. The molecule has 2 aromatic rings. The van der Waals surface area contributed by atoms with E-state index in [1.807, 2.05) is 47.5 Å². The smallest absolute Gasteiger partial charge is 0.173 e. The third-order valence-corrected chi connectivity index (χ3v) is 6.67.